The summed E-state index contributed by atoms with van der Waals surface area (Å²) in [4.78, 5) is 29.1. The highest BCUT2D eigenvalue weighted by Gasteiger charge is 2.15. The fourth-order valence-electron chi connectivity index (χ4n) is 2.69. The first-order valence-electron chi connectivity index (χ1n) is 9.18. The van der Waals surface area contributed by atoms with Gasteiger partial charge in [0.2, 0.25) is 0 Å². The van der Waals surface area contributed by atoms with Gasteiger partial charge in [-0.1, -0.05) is 39.0 Å². The average molecular weight is 353 g/mol. The predicted octanol–water partition coefficient (Wildman–Crippen LogP) is 3.99. The maximum Gasteiger partial charge on any atom is 0.257 e. The summed E-state index contributed by atoms with van der Waals surface area (Å²) in [6.07, 6.45) is 5.46. The molecule has 0 aliphatic rings. The Morgan fingerprint density at radius 2 is 1.58 bits per heavy atom. The van der Waals surface area contributed by atoms with Crippen LogP contribution in [0.25, 0.3) is 0 Å². The Balaban J connectivity index is 2.24. The molecule has 0 bridgehead atoms. The van der Waals surface area contributed by atoms with Crippen molar-refractivity contribution in [1.29, 1.82) is 0 Å². The molecule has 0 radical (unpaired) electrons. The van der Waals surface area contributed by atoms with Crippen LogP contribution in [0.15, 0.2) is 36.7 Å². The number of nitrogens with zero attached hydrogens (tertiary/aromatic N) is 1. The van der Waals surface area contributed by atoms with Gasteiger partial charge >= 0.3 is 0 Å². The molecule has 1 heterocycles. The third kappa shape index (κ3) is 4.69. The van der Waals surface area contributed by atoms with Crippen LogP contribution in [0.2, 0.25) is 0 Å². The number of carbonyl (C=O) groups is 2. The summed E-state index contributed by atoms with van der Waals surface area (Å²) in [5.74, 6) is -0.476. The molecule has 5 nitrogen and oxygen atoms in total. The van der Waals surface area contributed by atoms with E-state index in [0.717, 1.165) is 36.1 Å². The zero-order valence-corrected chi connectivity index (χ0v) is 15.9. The first kappa shape index (κ1) is 19.6. The Morgan fingerprint density at radius 3 is 2.12 bits per heavy atom. The van der Waals surface area contributed by atoms with Crippen LogP contribution in [0, 0.1) is 0 Å². The molecule has 2 aromatic rings. The number of benzene rings is 1. The lowest BCUT2D eigenvalue weighted by atomic mass is 10.0. The minimum atomic E-state index is -0.258. The number of nitrogens with one attached hydrogen (secondary N) is 2. The molecule has 2 amide bonds. The zero-order valence-electron chi connectivity index (χ0n) is 15.9. The van der Waals surface area contributed by atoms with Crippen LogP contribution in [0.4, 0.5) is 5.69 Å². The zero-order chi connectivity index (χ0) is 19.1. The van der Waals surface area contributed by atoms with Crippen molar-refractivity contribution in [1.82, 2.24) is 10.3 Å². The van der Waals surface area contributed by atoms with E-state index in [-0.39, 0.29) is 17.9 Å². The van der Waals surface area contributed by atoms with Crippen molar-refractivity contribution in [2.75, 3.05) is 5.32 Å². The van der Waals surface area contributed by atoms with Crippen molar-refractivity contribution in [2.45, 2.75) is 53.0 Å². The Hall–Kier alpha value is -2.69. The minimum Gasteiger partial charge on any atom is -0.350 e. The van der Waals surface area contributed by atoms with Crippen molar-refractivity contribution in [3.05, 3.63) is 58.9 Å². The normalized spacial score (nSPS) is 11.7. The third-order valence-corrected chi connectivity index (χ3v) is 4.49. The van der Waals surface area contributed by atoms with Crippen LogP contribution < -0.4 is 10.6 Å². The van der Waals surface area contributed by atoms with E-state index in [1.165, 1.54) is 12.4 Å². The SMILES string of the molecule is CCc1cccc(CC)c1NC(=O)c1cncc(C(=O)NC(C)CC)c1. The molecule has 2 N–H and O–H groups in total. The van der Waals surface area contributed by atoms with Crippen LogP contribution in [0.3, 0.4) is 0 Å². The molecule has 138 valence electrons. The molecule has 1 unspecified atom stereocenters. The van der Waals surface area contributed by atoms with E-state index in [1.807, 2.05) is 32.0 Å². The standard InChI is InChI=1S/C21H27N3O2/c1-5-14(4)23-20(25)17-11-18(13-22-12-17)21(26)24-19-15(6-2)9-8-10-16(19)7-3/h8-14H,5-7H2,1-4H3,(H,23,25)(H,24,26). The van der Waals surface area contributed by atoms with Gasteiger partial charge < -0.3 is 10.6 Å². The summed E-state index contributed by atoms with van der Waals surface area (Å²) >= 11 is 0. The average Bonchev–Trinajstić information content (AvgIpc) is 2.67. The summed E-state index contributed by atoms with van der Waals surface area (Å²) in [5, 5.41) is 5.89. The first-order valence-corrected chi connectivity index (χ1v) is 9.18. The Kier molecular flexibility index (Phi) is 6.89. The number of aryl methyl sites for hydroxylation is 2. The van der Waals surface area contributed by atoms with Crippen molar-refractivity contribution < 1.29 is 9.59 Å². The molecule has 0 fully saturated rings. The summed E-state index contributed by atoms with van der Waals surface area (Å²) < 4.78 is 0. The lowest BCUT2D eigenvalue weighted by Crippen LogP contribution is -2.32. The Labute approximate surface area is 155 Å². The van der Waals surface area contributed by atoms with Crippen LogP contribution >= 0.6 is 0 Å². The highest BCUT2D eigenvalue weighted by atomic mass is 16.2. The van der Waals surface area contributed by atoms with Gasteiger partial charge in [0.05, 0.1) is 11.1 Å². The second-order valence-electron chi connectivity index (χ2n) is 6.36. The molecular weight excluding hydrogens is 326 g/mol. The molecule has 26 heavy (non-hydrogen) atoms. The third-order valence-electron chi connectivity index (χ3n) is 4.49. The second kappa shape index (κ2) is 9.13. The van der Waals surface area contributed by atoms with Crippen LogP contribution in [0.1, 0.15) is 66.0 Å². The molecule has 5 heteroatoms. The minimum absolute atomic E-state index is 0.0727. The Morgan fingerprint density at radius 1 is 1.00 bits per heavy atom. The molecule has 2 rings (SSSR count). The van der Waals surface area contributed by atoms with Crippen molar-refractivity contribution in [2.24, 2.45) is 0 Å². The van der Waals surface area contributed by atoms with E-state index >= 15 is 0 Å². The van der Waals surface area contributed by atoms with Gasteiger partial charge in [-0.05, 0) is 43.4 Å². The maximum absolute atomic E-state index is 12.7. The fourth-order valence-corrected chi connectivity index (χ4v) is 2.69. The van der Waals surface area contributed by atoms with Gasteiger partial charge in [-0.15, -0.1) is 0 Å². The smallest absolute Gasteiger partial charge is 0.257 e. The van der Waals surface area contributed by atoms with Crippen molar-refractivity contribution in [3.8, 4) is 0 Å². The van der Waals surface area contributed by atoms with Crippen molar-refractivity contribution >= 4 is 17.5 Å². The summed E-state index contributed by atoms with van der Waals surface area (Å²) in [6.45, 7) is 8.07. The second-order valence-corrected chi connectivity index (χ2v) is 6.36. The van der Waals surface area contributed by atoms with E-state index < -0.39 is 0 Å². The van der Waals surface area contributed by atoms with Crippen LogP contribution in [0.5, 0.6) is 0 Å². The number of rotatable bonds is 7. The number of para-hydroxylation sites is 1. The topological polar surface area (TPSA) is 71.1 Å². The molecule has 0 aliphatic carbocycles. The van der Waals surface area contributed by atoms with Gasteiger partial charge in [0.25, 0.3) is 11.8 Å². The lowest BCUT2D eigenvalue weighted by molar-refractivity contribution is 0.0939. The van der Waals surface area contributed by atoms with Gasteiger partial charge in [-0.3, -0.25) is 14.6 Å². The largest absolute Gasteiger partial charge is 0.350 e. The van der Waals surface area contributed by atoms with Crippen LogP contribution in [-0.4, -0.2) is 22.8 Å². The predicted molar refractivity (Wildman–Crippen MR) is 105 cm³/mol. The quantitative estimate of drug-likeness (QED) is 0.791. The number of pyridine rings is 1. The van der Waals surface area contributed by atoms with Gasteiger partial charge in [-0.2, -0.15) is 0 Å². The molecule has 0 saturated heterocycles. The molecule has 1 atom stereocenters. The monoisotopic (exact) mass is 353 g/mol. The highest BCUT2D eigenvalue weighted by molar-refractivity contribution is 6.06. The van der Waals surface area contributed by atoms with Crippen molar-refractivity contribution in [3.63, 3.8) is 0 Å². The number of hydrogen-bond acceptors (Lipinski definition) is 3. The number of amides is 2. The number of anilines is 1. The summed E-state index contributed by atoms with van der Waals surface area (Å²) in [7, 11) is 0. The van der Waals surface area contributed by atoms with Gasteiger partial charge in [0, 0.05) is 24.1 Å². The number of carbonyl (C=O) groups excluding carboxylic acids is 2. The molecule has 0 spiro atoms. The maximum atomic E-state index is 12.7. The van der Waals surface area contributed by atoms with Gasteiger partial charge in [-0.25, -0.2) is 0 Å². The summed E-state index contributed by atoms with van der Waals surface area (Å²) in [5.41, 5.74) is 3.80. The van der Waals surface area contributed by atoms with E-state index in [4.69, 9.17) is 0 Å². The fraction of sp³-hybridized carbons (Fsp3) is 0.381. The van der Waals surface area contributed by atoms with E-state index in [2.05, 4.69) is 29.5 Å². The van der Waals surface area contributed by atoms with E-state index in [9.17, 15) is 9.59 Å². The first-order chi connectivity index (χ1) is 12.5. The number of aromatic nitrogens is 1. The molecule has 0 saturated carbocycles. The molecule has 1 aromatic carbocycles. The van der Waals surface area contributed by atoms with Gasteiger partial charge in [0.15, 0.2) is 0 Å². The van der Waals surface area contributed by atoms with E-state index in [0.29, 0.717) is 11.1 Å². The summed E-state index contributed by atoms with van der Waals surface area (Å²) in [6, 6.07) is 7.70. The van der Waals surface area contributed by atoms with Crippen LogP contribution in [-0.2, 0) is 12.8 Å². The van der Waals surface area contributed by atoms with E-state index in [1.54, 1.807) is 6.07 Å². The molecule has 1 aromatic heterocycles. The Bertz CT molecular complexity index is 764. The highest BCUT2D eigenvalue weighted by Crippen LogP contribution is 2.23. The molecular formula is C21H27N3O2. The molecule has 0 aliphatic heterocycles. The van der Waals surface area contributed by atoms with Gasteiger partial charge in [0.1, 0.15) is 0 Å². The lowest BCUT2D eigenvalue weighted by Gasteiger charge is -2.15. The number of hydrogen-bond donors (Lipinski definition) is 2.